The van der Waals surface area contributed by atoms with Gasteiger partial charge in [-0.2, -0.15) is 0 Å². The monoisotopic (exact) mass is 234 g/mol. The van der Waals surface area contributed by atoms with Crippen LogP contribution in [0.25, 0.3) is 0 Å². The molecule has 1 N–H and O–H groups in total. The minimum absolute atomic E-state index is 0.132. The number of nitrogens with one attached hydrogen (secondary N) is 1. The molecule has 94 valence electrons. The summed E-state index contributed by atoms with van der Waals surface area (Å²) in [5, 5.41) is 3.17. The zero-order valence-corrected chi connectivity index (χ0v) is 11.2. The molecule has 0 aliphatic carbocycles. The topological polar surface area (TPSA) is 32.3 Å². The summed E-state index contributed by atoms with van der Waals surface area (Å²) in [4.78, 5) is 13.5. The molecule has 1 rings (SSSR count). The smallest absolute Gasteiger partial charge is 0.236 e. The lowest BCUT2D eigenvalue weighted by Gasteiger charge is -2.21. The van der Waals surface area contributed by atoms with E-state index in [0.29, 0.717) is 6.54 Å². The lowest BCUT2D eigenvalue weighted by Crippen LogP contribution is -2.39. The molecule has 1 aromatic rings. The first-order chi connectivity index (χ1) is 8.00. The van der Waals surface area contributed by atoms with Gasteiger partial charge in [0.05, 0.1) is 6.54 Å². The second kappa shape index (κ2) is 6.40. The highest BCUT2D eigenvalue weighted by molar-refractivity contribution is 5.78. The average Bonchev–Trinajstić information content (AvgIpc) is 2.27. The van der Waals surface area contributed by atoms with Crippen LogP contribution in [0.4, 0.5) is 0 Å². The van der Waals surface area contributed by atoms with E-state index in [1.165, 1.54) is 11.1 Å². The second-order valence-electron chi connectivity index (χ2n) is 4.69. The summed E-state index contributed by atoms with van der Waals surface area (Å²) >= 11 is 0. The molecule has 0 heterocycles. The van der Waals surface area contributed by atoms with Gasteiger partial charge in [-0.05, 0) is 26.3 Å². The molecule has 0 fully saturated rings. The largest absolute Gasteiger partial charge is 0.342 e. The molecule has 0 spiro atoms. The van der Waals surface area contributed by atoms with Crippen LogP contribution in [0.15, 0.2) is 24.3 Å². The van der Waals surface area contributed by atoms with Crippen LogP contribution in [0.5, 0.6) is 0 Å². The van der Waals surface area contributed by atoms with E-state index in [9.17, 15) is 4.79 Å². The Balaban J connectivity index is 2.35. The second-order valence-corrected chi connectivity index (χ2v) is 4.69. The first-order valence-corrected chi connectivity index (χ1v) is 6.02. The van der Waals surface area contributed by atoms with Gasteiger partial charge in [-0.15, -0.1) is 0 Å². The van der Waals surface area contributed by atoms with E-state index < -0.39 is 0 Å². The fraction of sp³-hybridized carbons (Fsp3) is 0.500. The Morgan fingerprint density at radius 2 is 2.12 bits per heavy atom. The maximum atomic E-state index is 11.7. The molecule has 0 unspecified atom stereocenters. The highest BCUT2D eigenvalue weighted by atomic mass is 16.2. The van der Waals surface area contributed by atoms with Gasteiger partial charge in [0.1, 0.15) is 0 Å². The predicted molar refractivity (Wildman–Crippen MR) is 70.8 cm³/mol. The van der Waals surface area contributed by atoms with Gasteiger partial charge in [-0.3, -0.25) is 4.79 Å². The number of hydrogen-bond donors (Lipinski definition) is 1. The molecule has 0 atom stereocenters. The van der Waals surface area contributed by atoms with Crippen molar-refractivity contribution in [1.29, 1.82) is 0 Å². The van der Waals surface area contributed by atoms with Crippen LogP contribution < -0.4 is 5.32 Å². The highest BCUT2D eigenvalue weighted by Crippen LogP contribution is 2.03. The Bertz CT molecular complexity index is 374. The van der Waals surface area contributed by atoms with Crippen molar-refractivity contribution in [3.05, 3.63) is 35.4 Å². The molecule has 17 heavy (non-hydrogen) atoms. The van der Waals surface area contributed by atoms with Gasteiger partial charge >= 0.3 is 0 Å². The van der Waals surface area contributed by atoms with Crippen LogP contribution in [-0.4, -0.2) is 30.4 Å². The van der Waals surface area contributed by atoms with Gasteiger partial charge < -0.3 is 10.2 Å². The minimum Gasteiger partial charge on any atom is -0.342 e. The number of nitrogens with zero attached hydrogens (tertiary/aromatic N) is 1. The minimum atomic E-state index is 0.132. The van der Waals surface area contributed by atoms with Crippen LogP contribution in [0.2, 0.25) is 0 Å². The van der Waals surface area contributed by atoms with E-state index in [0.717, 1.165) is 6.54 Å². The van der Waals surface area contributed by atoms with Crippen LogP contribution in [0.3, 0.4) is 0 Å². The van der Waals surface area contributed by atoms with Gasteiger partial charge in [0.25, 0.3) is 0 Å². The first kappa shape index (κ1) is 13.7. The summed E-state index contributed by atoms with van der Waals surface area (Å²) in [5.74, 6) is 0.132. The van der Waals surface area contributed by atoms with Crippen LogP contribution in [-0.2, 0) is 11.3 Å². The number of likely N-dealkylation sites (N-methyl/N-ethyl adjacent to an activating group) is 1. The third kappa shape index (κ3) is 4.57. The van der Waals surface area contributed by atoms with Crippen molar-refractivity contribution in [2.24, 2.45) is 0 Å². The van der Waals surface area contributed by atoms with Crippen molar-refractivity contribution < 1.29 is 4.79 Å². The van der Waals surface area contributed by atoms with Crippen molar-refractivity contribution in [2.75, 3.05) is 13.6 Å². The zero-order valence-electron chi connectivity index (χ0n) is 11.2. The van der Waals surface area contributed by atoms with Crippen LogP contribution >= 0.6 is 0 Å². The predicted octanol–water partition coefficient (Wildman–Crippen LogP) is 1.95. The summed E-state index contributed by atoms with van der Waals surface area (Å²) in [6.07, 6.45) is 0. The lowest BCUT2D eigenvalue weighted by atomic mass is 10.1. The maximum Gasteiger partial charge on any atom is 0.236 e. The normalized spacial score (nSPS) is 10.6. The molecule has 0 radical (unpaired) electrons. The van der Waals surface area contributed by atoms with Gasteiger partial charge in [0.2, 0.25) is 5.91 Å². The molecular formula is C14H22N2O. The SMILES string of the molecule is Cc1cccc(CNCC(=O)N(C)C(C)C)c1. The van der Waals surface area contributed by atoms with Crippen LogP contribution in [0.1, 0.15) is 25.0 Å². The molecule has 1 aromatic carbocycles. The first-order valence-electron chi connectivity index (χ1n) is 6.02. The Kier molecular flexibility index (Phi) is 5.16. The Morgan fingerprint density at radius 1 is 1.41 bits per heavy atom. The van der Waals surface area contributed by atoms with E-state index in [-0.39, 0.29) is 11.9 Å². The lowest BCUT2D eigenvalue weighted by molar-refractivity contribution is -0.130. The maximum absolute atomic E-state index is 11.7. The highest BCUT2D eigenvalue weighted by Gasteiger charge is 2.10. The molecule has 0 bridgehead atoms. The Labute approximate surface area is 104 Å². The number of hydrogen-bond acceptors (Lipinski definition) is 2. The fourth-order valence-electron chi connectivity index (χ4n) is 1.55. The van der Waals surface area contributed by atoms with E-state index >= 15 is 0 Å². The Morgan fingerprint density at radius 3 is 2.71 bits per heavy atom. The van der Waals surface area contributed by atoms with E-state index in [1.807, 2.05) is 27.0 Å². The molecule has 0 saturated carbocycles. The van der Waals surface area contributed by atoms with Gasteiger partial charge in [-0.1, -0.05) is 29.8 Å². The molecule has 0 aromatic heterocycles. The van der Waals surface area contributed by atoms with E-state index in [4.69, 9.17) is 0 Å². The molecule has 3 nitrogen and oxygen atoms in total. The molecule has 3 heteroatoms. The standard InChI is InChI=1S/C14H22N2O/c1-11(2)16(4)14(17)10-15-9-13-7-5-6-12(3)8-13/h5-8,11,15H,9-10H2,1-4H3. The average molecular weight is 234 g/mol. The van der Waals surface area contributed by atoms with E-state index in [2.05, 4.69) is 30.4 Å². The van der Waals surface area contributed by atoms with Gasteiger partial charge in [0, 0.05) is 19.6 Å². The van der Waals surface area contributed by atoms with Crippen molar-refractivity contribution in [2.45, 2.75) is 33.4 Å². The zero-order chi connectivity index (χ0) is 12.8. The van der Waals surface area contributed by atoms with Crippen molar-refractivity contribution in [3.63, 3.8) is 0 Å². The number of amides is 1. The molecular weight excluding hydrogens is 212 g/mol. The van der Waals surface area contributed by atoms with Crippen molar-refractivity contribution in [3.8, 4) is 0 Å². The number of benzene rings is 1. The molecule has 0 aliphatic rings. The molecule has 0 aliphatic heterocycles. The summed E-state index contributed by atoms with van der Waals surface area (Å²) in [7, 11) is 1.83. The summed E-state index contributed by atoms with van der Waals surface area (Å²) in [6.45, 7) is 7.22. The molecule has 0 saturated heterocycles. The quantitative estimate of drug-likeness (QED) is 0.844. The number of aryl methyl sites for hydroxylation is 1. The number of rotatable bonds is 5. The van der Waals surface area contributed by atoms with E-state index in [1.54, 1.807) is 4.90 Å². The summed E-state index contributed by atoms with van der Waals surface area (Å²) in [5.41, 5.74) is 2.46. The van der Waals surface area contributed by atoms with Gasteiger partial charge in [0.15, 0.2) is 0 Å². The van der Waals surface area contributed by atoms with Crippen LogP contribution in [0, 0.1) is 6.92 Å². The Hall–Kier alpha value is -1.35. The van der Waals surface area contributed by atoms with Crippen molar-refractivity contribution >= 4 is 5.91 Å². The van der Waals surface area contributed by atoms with Gasteiger partial charge in [-0.25, -0.2) is 0 Å². The fourth-order valence-corrected chi connectivity index (χ4v) is 1.55. The molecule has 1 amide bonds. The third-order valence-electron chi connectivity index (χ3n) is 2.86. The number of carbonyl (C=O) groups is 1. The third-order valence-corrected chi connectivity index (χ3v) is 2.86. The summed E-state index contributed by atoms with van der Waals surface area (Å²) < 4.78 is 0. The number of carbonyl (C=O) groups excluding carboxylic acids is 1. The van der Waals surface area contributed by atoms with Crippen molar-refractivity contribution in [1.82, 2.24) is 10.2 Å². The summed E-state index contributed by atoms with van der Waals surface area (Å²) in [6, 6.07) is 8.55.